The minimum Gasteiger partial charge on any atom is -0.496 e. The molecule has 0 radical (unpaired) electrons. The average molecular weight is 403 g/mol. The van der Waals surface area contributed by atoms with Crippen LogP contribution in [0.4, 0.5) is 0 Å². The normalized spacial score (nSPS) is 11.2. The third kappa shape index (κ3) is 4.53. The van der Waals surface area contributed by atoms with Crippen molar-refractivity contribution in [3.8, 4) is 16.3 Å². The maximum absolute atomic E-state index is 12.1. The molecule has 0 unspecified atom stereocenters. The van der Waals surface area contributed by atoms with Crippen LogP contribution in [-0.2, 0) is 21.2 Å². The summed E-state index contributed by atoms with van der Waals surface area (Å²) in [6.45, 7) is 0.0261. The van der Waals surface area contributed by atoms with Crippen molar-refractivity contribution in [2.24, 2.45) is 0 Å². The Bertz CT molecular complexity index is 1060. The van der Waals surface area contributed by atoms with E-state index in [0.29, 0.717) is 5.69 Å². The predicted molar refractivity (Wildman–Crippen MR) is 103 cm³/mol. The van der Waals surface area contributed by atoms with Gasteiger partial charge in [-0.2, -0.15) is 0 Å². The summed E-state index contributed by atoms with van der Waals surface area (Å²) >= 11 is 1.44. The van der Waals surface area contributed by atoms with Gasteiger partial charge in [-0.1, -0.05) is 12.1 Å². The fourth-order valence-corrected chi connectivity index (χ4v) is 3.84. The minimum atomic E-state index is -3.30. The van der Waals surface area contributed by atoms with E-state index in [4.69, 9.17) is 9.47 Å². The number of hydrogen-bond acceptors (Lipinski definition) is 7. The van der Waals surface area contributed by atoms with Gasteiger partial charge in [0.25, 0.3) is 0 Å². The van der Waals surface area contributed by atoms with Crippen LogP contribution in [0.1, 0.15) is 16.1 Å². The van der Waals surface area contributed by atoms with Crippen LogP contribution in [0.15, 0.2) is 58.8 Å². The SMILES string of the molecule is COc1ccccc1-c1nc(COC(=O)c2ccc(S(C)(=O)=O)cc2)cs1. The summed E-state index contributed by atoms with van der Waals surface area (Å²) in [4.78, 5) is 16.8. The van der Waals surface area contributed by atoms with Gasteiger partial charge in [0.05, 0.1) is 28.8 Å². The molecule has 3 aromatic rings. The van der Waals surface area contributed by atoms with Gasteiger partial charge in [-0.25, -0.2) is 18.2 Å². The van der Waals surface area contributed by atoms with E-state index in [9.17, 15) is 13.2 Å². The summed E-state index contributed by atoms with van der Waals surface area (Å²) in [7, 11) is -1.70. The predicted octanol–water partition coefficient (Wildman–Crippen LogP) is 3.58. The number of carbonyl (C=O) groups is 1. The Kier molecular flexibility index (Phi) is 5.57. The number of ether oxygens (including phenoxy) is 2. The van der Waals surface area contributed by atoms with E-state index in [1.165, 1.54) is 35.6 Å². The second-order valence-electron chi connectivity index (χ2n) is 5.72. The lowest BCUT2D eigenvalue weighted by Gasteiger charge is -2.05. The van der Waals surface area contributed by atoms with Crippen LogP contribution >= 0.6 is 11.3 Å². The standard InChI is InChI=1S/C19H17NO5S2/c1-24-17-6-4-3-5-16(17)18-20-14(12-26-18)11-25-19(21)13-7-9-15(10-8-13)27(2,22)23/h3-10,12H,11H2,1-2H3. The van der Waals surface area contributed by atoms with Gasteiger partial charge in [0.15, 0.2) is 9.84 Å². The average Bonchev–Trinajstić information content (AvgIpc) is 3.14. The number of methoxy groups -OCH3 is 1. The third-order valence-corrected chi connectivity index (χ3v) is 5.81. The molecule has 8 heteroatoms. The smallest absolute Gasteiger partial charge is 0.338 e. The van der Waals surface area contributed by atoms with E-state index < -0.39 is 15.8 Å². The molecule has 0 aliphatic heterocycles. The Morgan fingerprint density at radius 2 is 1.81 bits per heavy atom. The number of aromatic nitrogens is 1. The molecule has 140 valence electrons. The molecule has 2 aromatic carbocycles. The molecule has 0 amide bonds. The molecule has 0 bridgehead atoms. The highest BCUT2D eigenvalue weighted by molar-refractivity contribution is 7.90. The van der Waals surface area contributed by atoms with Gasteiger partial charge in [0.1, 0.15) is 17.4 Å². The van der Waals surface area contributed by atoms with Gasteiger partial charge in [-0.05, 0) is 36.4 Å². The quantitative estimate of drug-likeness (QED) is 0.585. The van der Waals surface area contributed by atoms with Crippen molar-refractivity contribution >= 4 is 27.1 Å². The number of benzene rings is 2. The lowest BCUT2D eigenvalue weighted by atomic mass is 10.2. The third-order valence-electron chi connectivity index (χ3n) is 3.76. The molecular weight excluding hydrogens is 386 g/mol. The number of carbonyl (C=O) groups excluding carboxylic acids is 1. The van der Waals surface area contributed by atoms with Gasteiger partial charge in [-0.3, -0.25) is 0 Å². The molecule has 0 atom stereocenters. The molecular formula is C19H17NO5S2. The highest BCUT2D eigenvalue weighted by atomic mass is 32.2. The molecule has 0 fully saturated rings. The second kappa shape index (κ2) is 7.89. The van der Waals surface area contributed by atoms with Gasteiger partial charge < -0.3 is 9.47 Å². The van der Waals surface area contributed by atoms with Crippen molar-refractivity contribution in [1.82, 2.24) is 4.98 Å². The molecule has 27 heavy (non-hydrogen) atoms. The largest absolute Gasteiger partial charge is 0.496 e. The zero-order chi connectivity index (χ0) is 19.4. The fraction of sp³-hybridized carbons (Fsp3) is 0.158. The molecule has 3 rings (SSSR count). The Balaban J connectivity index is 1.67. The zero-order valence-corrected chi connectivity index (χ0v) is 16.3. The summed E-state index contributed by atoms with van der Waals surface area (Å²) in [5.41, 5.74) is 1.78. The highest BCUT2D eigenvalue weighted by Crippen LogP contribution is 2.32. The number of hydrogen-bond donors (Lipinski definition) is 0. The summed E-state index contributed by atoms with van der Waals surface area (Å²) in [6.07, 6.45) is 1.11. The van der Waals surface area contributed by atoms with Crippen molar-refractivity contribution in [3.63, 3.8) is 0 Å². The van der Waals surface area contributed by atoms with Crippen LogP contribution in [0.25, 0.3) is 10.6 Å². The highest BCUT2D eigenvalue weighted by Gasteiger charge is 2.13. The summed E-state index contributed by atoms with van der Waals surface area (Å²) in [5, 5.41) is 2.60. The number of nitrogens with zero attached hydrogens (tertiary/aromatic N) is 1. The molecule has 0 saturated heterocycles. The van der Waals surface area contributed by atoms with E-state index >= 15 is 0 Å². The molecule has 0 aliphatic rings. The Hall–Kier alpha value is -2.71. The Morgan fingerprint density at radius 3 is 2.48 bits per heavy atom. The molecule has 0 N–H and O–H groups in total. The van der Waals surface area contributed by atoms with Crippen LogP contribution in [0, 0.1) is 0 Å². The van der Waals surface area contributed by atoms with E-state index in [1.807, 2.05) is 29.6 Å². The van der Waals surface area contributed by atoms with E-state index in [1.54, 1.807) is 7.11 Å². The maximum Gasteiger partial charge on any atom is 0.338 e. The minimum absolute atomic E-state index is 0.0261. The lowest BCUT2D eigenvalue weighted by molar-refractivity contribution is 0.0468. The molecule has 0 saturated carbocycles. The fourth-order valence-electron chi connectivity index (χ4n) is 2.38. The first-order valence-electron chi connectivity index (χ1n) is 7.93. The second-order valence-corrected chi connectivity index (χ2v) is 8.59. The van der Waals surface area contributed by atoms with Crippen LogP contribution in [0.2, 0.25) is 0 Å². The molecule has 1 aromatic heterocycles. The van der Waals surface area contributed by atoms with Gasteiger partial charge in [-0.15, -0.1) is 11.3 Å². The zero-order valence-electron chi connectivity index (χ0n) is 14.7. The summed E-state index contributed by atoms with van der Waals surface area (Å²) in [6, 6.07) is 13.2. The lowest BCUT2D eigenvalue weighted by Crippen LogP contribution is -2.06. The van der Waals surface area contributed by atoms with Crippen molar-refractivity contribution < 1.29 is 22.7 Å². The summed E-state index contributed by atoms with van der Waals surface area (Å²) in [5.74, 6) is 0.184. The maximum atomic E-state index is 12.1. The first-order valence-corrected chi connectivity index (χ1v) is 10.7. The van der Waals surface area contributed by atoms with Gasteiger partial charge in [0, 0.05) is 11.6 Å². The molecule has 0 aliphatic carbocycles. The first-order chi connectivity index (χ1) is 12.9. The topological polar surface area (TPSA) is 82.6 Å². The van der Waals surface area contributed by atoms with E-state index in [2.05, 4.69) is 4.98 Å². The number of para-hydroxylation sites is 1. The number of sulfone groups is 1. The molecule has 6 nitrogen and oxygen atoms in total. The van der Waals surface area contributed by atoms with E-state index in [0.717, 1.165) is 22.6 Å². The first kappa shape index (κ1) is 19.1. The number of rotatable bonds is 6. The van der Waals surface area contributed by atoms with Crippen molar-refractivity contribution in [3.05, 3.63) is 65.2 Å². The monoisotopic (exact) mass is 403 g/mol. The van der Waals surface area contributed by atoms with Gasteiger partial charge >= 0.3 is 5.97 Å². The number of thiazole rings is 1. The van der Waals surface area contributed by atoms with Crippen LogP contribution in [0.3, 0.4) is 0 Å². The van der Waals surface area contributed by atoms with Gasteiger partial charge in [0.2, 0.25) is 0 Å². The Labute approximate surface area is 161 Å². The van der Waals surface area contributed by atoms with Crippen molar-refractivity contribution in [2.45, 2.75) is 11.5 Å². The van der Waals surface area contributed by atoms with Crippen molar-refractivity contribution in [1.29, 1.82) is 0 Å². The van der Waals surface area contributed by atoms with E-state index in [-0.39, 0.29) is 17.1 Å². The van der Waals surface area contributed by atoms with Crippen LogP contribution in [0.5, 0.6) is 5.75 Å². The molecule has 1 heterocycles. The summed E-state index contributed by atoms with van der Waals surface area (Å²) < 4.78 is 33.5. The Morgan fingerprint density at radius 1 is 1.11 bits per heavy atom. The van der Waals surface area contributed by atoms with Crippen LogP contribution < -0.4 is 4.74 Å². The van der Waals surface area contributed by atoms with Crippen LogP contribution in [-0.4, -0.2) is 32.7 Å². The number of esters is 1. The molecule has 0 spiro atoms. The van der Waals surface area contributed by atoms with Crippen molar-refractivity contribution in [2.75, 3.05) is 13.4 Å².